The molecule has 0 radical (unpaired) electrons. The Bertz CT molecular complexity index is 440. The van der Waals surface area contributed by atoms with Gasteiger partial charge in [-0.3, -0.25) is 9.36 Å². The number of aromatic amines is 1. The maximum absolute atomic E-state index is 11.8. The van der Waals surface area contributed by atoms with Gasteiger partial charge >= 0.3 is 0 Å². The minimum atomic E-state index is -0.0820. The summed E-state index contributed by atoms with van der Waals surface area (Å²) < 4.78 is 3.13. The van der Waals surface area contributed by atoms with Crippen LogP contribution in [0.5, 0.6) is 0 Å². The molecule has 0 aromatic carbocycles. The van der Waals surface area contributed by atoms with E-state index in [1.165, 1.54) is 4.57 Å². The van der Waals surface area contributed by atoms with Crippen LogP contribution in [-0.4, -0.2) is 15.5 Å². The number of halogens is 2. The maximum Gasteiger partial charge on any atom is 0.278 e. The summed E-state index contributed by atoms with van der Waals surface area (Å²) in [5, 5.41) is 0. The summed E-state index contributed by atoms with van der Waals surface area (Å²) in [4.78, 5) is 14.7. The molecule has 0 fully saturated rings. The zero-order valence-electron chi connectivity index (χ0n) is 7.00. The van der Waals surface area contributed by atoms with Crippen LogP contribution in [-0.2, 0) is 0 Å². The third-order valence-corrected chi connectivity index (χ3v) is 3.58. The summed E-state index contributed by atoms with van der Waals surface area (Å²) in [7, 11) is 0. The predicted octanol–water partition coefficient (Wildman–Crippen LogP) is 3.03. The number of hydrogen-bond donors (Lipinski definition) is 1. The first kappa shape index (κ1) is 9.73. The highest BCUT2D eigenvalue weighted by Crippen LogP contribution is 2.23. The highest BCUT2D eigenvalue weighted by molar-refractivity contribution is 9.13. The van der Waals surface area contributed by atoms with Crippen LogP contribution in [0.2, 0.25) is 0 Å². The van der Waals surface area contributed by atoms with Gasteiger partial charge in [-0.1, -0.05) is 0 Å². The SMILES string of the molecule is O=C(c1cc(Br)c(Br)[nH]1)n1cccc1. The third kappa shape index (κ3) is 1.69. The lowest BCUT2D eigenvalue weighted by Crippen LogP contribution is -2.09. The molecule has 1 N–H and O–H groups in total. The van der Waals surface area contributed by atoms with Gasteiger partial charge in [0.2, 0.25) is 0 Å². The van der Waals surface area contributed by atoms with E-state index in [0.29, 0.717) is 5.69 Å². The first-order chi connectivity index (χ1) is 6.68. The van der Waals surface area contributed by atoms with Crippen LogP contribution >= 0.6 is 31.9 Å². The minimum absolute atomic E-state index is 0.0820. The van der Waals surface area contributed by atoms with E-state index < -0.39 is 0 Å². The Labute approximate surface area is 97.4 Å². The van der Waals surface area contributed by atoms with Crippen LogP contribution in [0.4, 0.5) is 0 Å². The number of nitrogens with zero attached hydrogens (tertiary/aromatic N) is 1. The fourth-order valence-corrected chi connectivity index (χ4v) is 1.78. The molecule has 0 spiro atoms. The quantitative estimate of drug-likeness (QED) is 0.862. The molecule has 2 aromatic heterocycles. The van der Waals surface area contributed by atoms with Crippen molar-refractivity contribution in [3.63, 3.8) is 0 Å². The Morgan fingerprint density at radius 1 is 1.29 bits per heavy atom. The van der Waals surface area contributed by atoms with Gasteiger partial charge in [0.15, 0.2) is 0 Å². The van der Waals surface area contributed by atoms with E-state index in [0.717, 1.165) is 9.08 Å². The number of aromatic nitrogens is 2. The molecule has 0 aliphatic carbocycles. The van der Waals surface area contributed by atoms with Crippen molar-refractivity contribution in [1.82, 2.24) is 9.55 Å². The van der Waals surface area contributed by atoms with Crippen LogP contribution in [0.1, 0.15) is 10.5 Å². The van der Waals surface area contributed by atoms with E-state index in [4.69, 9.17) is 0 Å². The molecular weight excluding hydrogens is 312 g/mol. The zero-order chi connectivity index (χ0) is 10.1. The smallest absolute Gasteiger partial charge is 0.278 e. The van der Waals surface area contributed by atoms with Crippen LogP contribution in [0, 0.1) is 0 Å². The van der Waals surface area contributed by atoms with Crippen LogP contribution in [0.15, 0.2) is 39.7 Å². The Morgan fingerprint density at radius 2 is 1.93 bits per heavy atom. The number of carbonyl (C=O) groups excluding carboxylic acids is 1. The standard InChI is InChI=1S/C9H6Br2N2O/c10-6-5-7(12-8(6)11)9(14)13-3-1-2-4-13/h1-5,12H. The molecule has 72 valence electrons. The van der Waals surface area contributed by atoms with Gasteiger partial charge in [0.1, 0.15) is 5.69 Å². The lowest BCUT2D eigenvalue weighted by molar-refractivity contribution is 0.0956. The van der Waals surface area contributed by atoms with Gasteiger partial charge in [0.25, 0.3) is 5.91 Å². The lowest BCUT2D eigenvalue weighted by Gasteiger charge is -1.97. The van der Waals surface area contributed by atoms with Gasteiger partial charge in [-0.15, -0.1) is 0 Å². The van der Waals surface area contributed by atoms with Gasteiger partial charge in [-0.2, -0.15) is 0 Å². The summed E-state index contributed by atoms with van der Waals surface area (Å²) in [6.45, 7) is 0. The van der Waals surface area contributed by atoms with E-state index in [1.807, 2.05) is 12.1 Å². The molecule has 0 unspecified atom stereocenters. The highest BCUT2D eigenvalue weighted by Gasteiger charge is 2.11. The first-order valence-electron chi connectivity index (χ1n) is 3.90. The molecule has 2 aromatic rings. The van der Waals surface area contributed by atoms with Gasteiger partial charge in [0, 0.05) is 12.4 Å². The van der Waals surface area contributed by atoms with Crippen molar-refractivity contribution in [2.75, 3.05) is 0 Å². The van der Waals surface area contributed by atoms with Gasteiger partial charge in [-0.25, -0.2) is 0 Å². The van der Waals surface area contributed by atoms with Gasteiger partial charge < -0.3 is 4.98 Å². The number of hydrogen-bond acceptors (Lipinski definition) is 1. The second-order valence-corrected chi connectivity index (χ2v) is 4.39. The van der Waals surface area contributed by atoms with Crippen LogP contribution in [0.3, 0.4) is 0 Å². The first-order valence-corrected chi connectivity index (χ1v) is 5.49. The monoisotopic (exact) mass is 316 g/mol. The Hall–Kier alpha value is -0.810. The van der Waals surface area contributed by atoms with Crippen molar-refractivity contribution >= 4 is 37.8 Å². The molecule has 0 bridgehead atoms. The minimum Gasteiger partial charge on any atom is -0.344 e. The number of rotatable bonds is 1. The normalized spacial score (nSPS) is 10.4. The molecule has 14 heavy (non-hydrogen) atoms. The van der Waals surface area contributed by atoms with E-state index >= 15 is 0 Å². The number of nitrogens with one attached hydrogen (secondary N) is 1. The van der Waals surface area contributed by atoms with Gasteiger partial charge in [-0.05, 0) is 50.1 Å². The summed E-state index contributed by atoms with van der Waals surface area (Å²) >= 11 is 6.59. The molecule has 0 saturated carbocycles. The molecule has 3 nitrogen and oxygen atoms in total. The molecule has 0 amide bonds. The van der Waals surface area contributed by atoms with E-state index in [9.17, 15) is 4.79 Å². The molecule has 5 heteroatoms. The van der Waals surface area contributed by atoms with Crippen molar-refractivity contribution in [3.05, 3.63) is 45.4 Å². The van der Waals surface area contributed by atoms with Crippen molar-refractivity contribution in [1.29, 1.82) is 0 Å². The molecule has 2 heterocycles. The molecular formula is C9H6Br2N2O. The predicted molar refractivity (Wildman–Crippen MR) is 60.4 cm³/mol. The molecule has 0 atom stereocenters. The average molecular weight is 318 g/mol. The molecule has 0 aliphatic heterocycles. The largest absolute Gasteiger partial charge is 0.344 e. The van der Waals surface area contributed by atoms with E-state index in [-0.39, 0.29) is 5.91 Å². The van der Waals surface area contributed by atoms with E-state index in [1.54, 1.807) is 18.5 Å². The summed E-state index contributed by atoms with van der Waals surface area (Å²) in [6.07, 6.45) is 3.43. The molecule has 0 aliphatic rings. The van der Waals surface area contributed by atoms with Crippen molar-refractivity contribution in [2.45, 2.75) is 0 Å². The maximum atomic E-state index is 11.8. The summed E-state index contributed by atoms with van der Waals surface area (Å²) in [5.41, 5.74) is 0.542. The summed E-state index contributed by atoms with van der Waals surface area (Å²) in [5.74, 6) is -0.0820. The van der Waals surface area contributed by atoms with Crippen LogP contribution < -0.4 is 0 Å². The second kappa shape index (κ2) is 3.74. The Morgan fingerprint density at radius 3 is 2.43 bits per heavy atom. The third-order valence-electron chi connectivity index (χ3n) is 1.79. The Kier molecular flexibility index (Phi) is 2.60. The van der Waals surface area contributed by atoms with Crippen molar-refractivity contribution < 1.29 is 4.79 Å². The highest BCUT2D eigenvalue weighted by atomic mass is 79.9. The number of H-pyrrole nitrogens is 1. The summed E-state index contributed by atoms with van der Waals surface area (Å²) in [6, 6.07) is 5.36. The second-order valence-electron chi connectivity index (χ2n) is 2.74. The Balaban J connectivity index is 2.37. The van der Waals surface area contributed by atoms with Crippen molar-refractivity contribution in [3.8, 4) is 0 Å². The number of carbonyl (C=O) groups is 1. The lowest BCUT2D eigenvalue weighted by atomic mass is 10.4. The topological polar surface area (TPSA) is 37.8 Å². The average Bonchev–Trinajstić information content (AvgIpc) is 2.76. The molecule has 2 rings (SSSR count). The molecule has 0 saturated heterocycles. The van der Waals surface area contributed by atoms with Crippen LogP contribution in [0.25, 0.3) is 0 Å². The van der Waals surface area contributed by atoms with Gasteiger partial charge in [0.05, 0.1) is 9.08 Å². The van der Waals surface area contributed by atoms with Crippen molar-refractivity contribution in [2.24, 2.45) is 0 Å². The zero-order valence-corrected chi connectivity index (χ0v) is 10.2. The fraction of sp³-hybridized carbons (Fsp3) is 0. The fourth-order valence-electron chi connectivity index (χ4n) is 1.13. The van der Waals surface area contributed by atoms with E-state index in [2.05, 4.69) is 36.8 Å².